The Balaban J connectivity index is 3.44. The first-order valence-electron chi connectivity index (χ1n) is 2.89. The summed E-state index contributed by atoms with van der Waals surface area (Å²) in [5, 5.41) is 7.09. The number of nitrogens with one attached hydrogen (secondary N) is 1. The highest BCUT2D eigenvalue weighted by Gasteiger charge is 2.00. The van der Waals surface area contributed by atoms with E-state index < -0.39 is 11.6 Å². The molecule has 11 heavy (non-hydrogen) atoms. The van der Waals surface area contributed by atoms with E-state index in [0.29, 0.717) is 0 Å². The molecule has 0 unspecified atom stereocenters. The van der Waals surface area contributed by atoms with Crippen molar-refractivity contribution in [3.05, 3.63) is 36.0 Å². The lowest BCUT2D eigenvalue weighted by Gasteiger charge is -1.98. The Morgan fingerprint density at radius 2 is 2.09 bits per heavy atom. The van der Waals surface area contributed by atoms with Crippen LogP contribution in [0.1, 0.15) is 0 Å². The zero-order valence-corrected chi connectivity index (χ0v) is 5.64. The SMILES string of the molecule is C=Cn1cc(F)c(F)cc1=N. The van der Waals surface area contributed by atoms with Crippen LogP contribution in [0.2, 0.25) is 0 Å². The van der Waals surface area contributed by atoms with Gasteiger partial charge in [-0.15, -0.1) is 0 Å². The predicted molar refractivity (Wildman–Crippen MR) is 36.6 cm³/mol. The summed E-state index contributed by atoms with van der Waals surface area (Å²) in [5.41, 5.74) is -0.140. The van der Waals surface area contributed by atoms with Gasteiger partial charge < -0.3 is 4.57 Å². The molecule has 1 N–H and O–H groups in total. The summed E-state index contributed by atoms with van der Waals surface area (Å²) in [7, 11) is 0. The fourth-order valence-electron chi connectivity index (χ4n) is 0.668. The Bertz CT molecular complexity index is 341. The van der Waals surface area contributed by atoms with Crippen molar-refractivity contribution in [3.8, 4) is 0 Å². The number of rotatable bonds is 1. The molecule has 0 saturated carbocycles. The Morgan fingerprint density at radius 1 is 1.45 bits per heavy atom. The topological polar surface area (TPSA) is 28.8 Å². The molecule has 0 aliphatic rings. The van der Waals surface area contributed by atoms with Crippen LogP contribution >= 0.6 is 0 Å². The highest BCUT2D eigenvalue weighted by molar-refractivity contribution is 5.17. The first-order valence-corrected chi connectivity index (χ1v) is 2.89. The lowest BCUT2D eigenvalue weighted by molar-refractivity contribution is 0.497. The molecule has 0 saturated heterocycles. The molecule has 0 aliphatic carbocycles. The average Bonchev–Trinajstić information content (AvgIpc) is 1.97. The molecule has 0 bridgehead atoms. The van der Waals surface area contributed by atoms with Crippen molar-refractivity contribution in [1.82, 2.24) is 4.57 Å². The fraction of sp³-hybridized carbons (Fsp3) is 0. The van der Waals surface area contributed by atoms with Crippen LogP contribution in [0.15, 0.2) is 18.8 Å². The number of nitrogens with zero attached hydrogens (tertiary/aromatic N) is 1. The summed E-state index contributed by atoms with van der Waals surface area (Å²) in [4.78, 5) is 0. The number of aromatic nitrogens is 1. The van der Waals surface area contributed by atoms with Crippen molar-refractivity contribution >= 4 is 6.20 Å². The van der Waals surface area contributed by atoms with Crippen molar-refractivity contribution < 1.29 is 8.78 Å². The summed E-state index contributed by atoms with van der Waals surface area (Å²) in [6, 6.07) is 0.789. The van der Waals surface area contributed by atoms with Gasteiger partial charge in [0.15, 0.2) is 11.6 Å². The van der Waals surface area contributed by atoms with Gasteiger partial charge in [-0.25, -0.2) is 8.78 Å². The van der Waals surface area contributed by atoms with Crippen LogP contribution in [0.5, 0.6) is 0 Å². The van der Waals surface area contributed by atoms with Crippen LogP contribution in [0.25, 0.3) is 6.20 Å². The second-order valence-electron chi connectivity index (χ2n) is 1.94. The third kappa shape index (κ3) is 1.34. The molecular weight excluding hydrogens is 150 g/mol. The molecule has 4 heteroatoms. The van der Waals surface area contributed by atoms with Crippen LogP contribution in [-0.4, -0.2) is 4.57 Å². The van der Waals surface area contributed by atoms with E-state index in [1.54, 1.807) is 0 Å². The van der Waals surface area contributed by atoms with E-state index in [1.807, 2.05) is 0 Å². The molecule has 58 valence electrons. The van der Waals surface area contributed by atoms with Crippen LogP contribution in [0.4, 0.5) is 8.78 Å². The predicted octanol–water partition coefficient (Wildman–Crippen LogP) is 1.35. The number of pyridine rings is 1. The molecule has 0 aliphatic heterocycles. The Morgan fingerprint density at radius 3 is 2.64 bits per heavy atom. The zero-order chi connectivity index (χ0) is 8.43. The van der Waals surface area contributed by atoms with Gasteiger partial charge in [-0.2, -0.15) is 0 Å². The lowest BCUT2D eigenvalue weighted by Crippen LogP contribution is -2.15. The first kappa shape index (κ1) is 7.65. The van der Waals surface area contributed by atoms with E-state index >= 15 is 0 Å². The van der Waals surface area contributed by atoms with Gasteiger partial charge in [-0.05, 0) is 0 Å². The molecule has 0 amide bonds. The van der Waals surface area contributed by atoms with Crippen LogP contribution in [0.3, 0.4) is 0 Å². The van der Waals surface area contributed by atoms with Gasteiger partial charge in [0.2, 0.25) is 0 Å². The highest BCUT2D eigenvalue weighted by Crippen LogP contribution is 1.99. The van der Waals surface area contributed by atoms with Crippen molar-refractivity contribution in [3.63, 3.8) is 0 Å². The smallest absolute Gasteiger partial charge is 0.175 e. The third-order valence-corrected chi connectivity index (χ3v) is 1.22. The van der Waals surface area contributed by atoms with Crippen molar-refractivity contribution in [2.75, 3.05) is 0 Å². The molecule has 2 nitrogen and oxygen atoms in total. The number of hydrogen-bond acceptors (Lipinski definition) is 1. The molecule has 1 aromatic rings. The Labute approximate surface area is 61.9 Å². The molecule has 0 spiro atoms. The van der Waals surface area contributed by atoms with Gasteiger partial charge in [-0.1, -0.05) is 6.58 Å². The second kappa shape index (κ2) is 2.65. The zero-order valence-electron chi connectivity index (χ0n) is 5.64. The maximum atomic E-state index is 12.4. The molecule has 1 heterocycles. The van der Waals surface area contributed by atoms with Crippen LogP contribution < -0.4 is 5.49 Å². The monoisotopic (exact) mass is 156 g/mol. The normalized spacial score (nSPS) is 9.64. The first-order chi connectivity index (χ1) is 5.15. The maximum absolute atomic E-state index is 12.4. The van der Waals surface area contributed by atoms with Crippen molar-refractivity contribution in [2.24, 2.45) is 0 Å². The number of hydrogen-bond donors (Lipinski definition) is 1. The third-order valence-electron chi connectivity index (χ3n) is 1.22. The van der Waals surface area contributed by atoms with E-state index in [9.17, 15) is 8.78 Å². The minimum absolute atomic E-state index is 0.140. The summed E-state index contributed by atoms with van der Waals surface area (Å²) in [6.45, 7) is 3.32. The molecule has 0 aromatic carbocycles. The van der Waals surface area contributed by atoms with Crippen molar-refractivity contribution in [2.45, 2.75) is 0 Å². The second-order valence-corrected chi connectivity index (χ2v) is 1.94. The summed E-state index contributed by atoms with van der Waals surface area (Å²) in [5.74, 6) is -2.01. The molecule has 0 atom stereocenters. The Hall–Kier alpha value is -1.45. The quantitative estimate of drug-likeness (QED) is 0.635. The lowest BCUT2D eigenvalue weighted by atomic mass is 10.4. The fourth-order valence-corrected chi connectivity index (χ4v) is 0.668. The van der Waals surface area contributed by atoms with E-state index in [2.05, 4.69) is 6.58 Å². The standard InChI is InChI=1S/C7H6F2N2/c1-2-11-4-6(9)5(8)3-7(11)10/h2-4,10H,1H2. The van der Waals surface area contributed by atoms with E-state index in [1.165, 1.54) is 6.20 Å². The minimum Gasteiger partial charge on any atom is -0.307 e. The average molecular weight is 156 g/mol. The van der Waals surface area contributed by atoms with Gasteiger partial charge >= 0.3 is 0 Å². The highest BCUT2D eigenvalue weighted by atomic mass is 19.2. The summed E-state index contributed by atoms with van der Waals surface area (Å²) < 4.78 is 25.9. The van der Waals surface area contributed by atoms with E-state index in [-0.39, 0.29) is 5.49 Å². The Kier molecular flexibility index (Phi) is 1.85. The summed E-state index contributed by atoms with van der Waals surface area (Å²) >= 11 is 0. The molecule has 0 fully saturated rings. The van der Waals surface area contributed by atoms with Gasteiger partial charge in [0.25, 0.3) is 0 Å². The largest absolute Gasteiger partial charge is 0.307 e. The van der Waals surface area contributed by atoms with Gasteiger partial charge in [0.1, 0.15) is 5.49 Å². The van der Waals surface area contributed by atoms with Gasteiger partial charge in [-0.3, -0.25) is 5.41 Å². The van der Waals surface area contributed by atoms with E-state index in [4.69, 9.17) is 5.41 Å². The summed E-state index contributed by atoms with van der Waals surface area (Å²) in [6.07, 6.45) is 2.09. The minimum atomic E-state index is -1.02. The van der Waals surface area contributed by atoms with E-state index in [0.717, 1.165) is 16.8 Å². The maximum Gasteiger partial charge on any atom is 0.175 e. The van der Waals surface area contributed by atoms with Crippen LogP contribution in [-0.2, 0) is 0 Å². The molecular formula is C7H6F2N2. The van der Waals surface area contributed by atoms with Gasteiger partial charge in [0, 0.05) is 18.5 Å². The van der Waals surface area contributed by atoms with Crippen LogP contribution in [0, 0.1) is 17.0 Å². The molecule has 1 rings (SSSR count). The molecule has 0 radical (unpaired) electrons. The van der Waals surface area contributed by atoms with Crippen molar-refractivity contribution in [1.29, 1.82) is 5.41 Å². The van der Waals surface area contributed by atoms with Gasteiger partial charge in [0.05, 0.1) is 0 Å². The molecule has 1 aromatic heterocycles. The number of halogens is 2.